The van der Waals surface area contributed by atoms with Gasteiger partial charge in [-0.05, 0) is 19.8 Å². The molecule has 15 heavy (non-hydrogen) atoms. The van der Waals surface area contributed by atoms with Crippen LogP contribution in [-0.2, 0) is 18.9 Å². The molecular formula is C11H24O4. The fourth-order valence-electron chi connectivity index (χ4n) is 1.09. The first-order chi connectivity index (χ1) is 7.31. The molecule has 4 nitrogen and oxygen atoms in total. The monoisotopic (exact) mass is 220 g/mol. The molecule has 1 unspecified atom stereocenters. The SMILES string of the molecule is COCCCOCC(C)OCCCOC. The molecule has 0 saturated heterocycles. The van der Waals surface area contributed by atoms with Gasteiger partial charge in [0.05, 0.1) is 12.7 Å². The van der Waals surface area contributed by atoms with Crippen LogP contribution in [0.1, 0.15) is 19.8 Å². The van der Waals surface area contributed by atoms with E-state index in [2.05, 4.69) is 0 Å². The number of hydrogen-bond donors (Lipinski definition) is 0. The van der Waals surface area contributed by atoms with Crippen LogP contribution in [0.25, 0.3) is 0 Å². The van der Waals surface area contributed by atoms with Gasteiger partial charge in [0.1, 0.15) is 0 Å². The molecule has 0 rings (SSSR count). The van der Waals surface area contributed by atoms with Gasteiger partial charge in [-0.2, -0.15) is 0 Å². The summed E-state index contributed by atoms with van der Waals surface area (Å²) in [6.07, 6.45) is 2.03. The third-order valence-corrected chi connectivity index (χ3v) is 1.88. The Kier molecular flexibility index (Phi) is 11.8. The molecule has 0 aliphatic rings. The van der Waals surface area contributed by atoms with Gasteiger partial charge in [-0.15, -0.1) is 0 Å². The Labute approximate surface area is 92.8 Å². The van der Waals surface area contributed by atoms with E-state index in [0.29, 0.717) is 6.61 Å². The number of ether oxygens (including phenoxy) is 4. The van der Waals surface area contributed by atoms with Gasteiger partial charge in [-0.25, -0.2) is 0 Å². The molecule has 0 amide bonds. The summed E-state index contributed by atoms with van der Waals surface area (Å²) in [4.78, 5) is 0. The normalized spacial score (nSPS) is 13.0. The molecule has 0 spiro atoms. The molecule has 0 aromatic heterocycles. The van der Waals surface area contributed by atoms with E-state index in [1.807, 2.05) is 6.92 Å². The second-order valence-electron chi connectivity index (χ2n) is 3.45. The van der Waals surface area contributed by atoms with Crippen LogP contribution in [-0.4, -0.2) is 53.4 Å². The average Bonchev–Trinajstić information content (AvgIpc) is 2.24. The minimum atomic E-state index is 0.157. The van der Waals surface area contributed by atoms with Crippen molar-refractivity contribution in [2.24, 2.45) is 0 Å². The quantitative estimate of drug-likeness (QED) is 0.494. The Morgan fingerprint density at radius 1 is 0.867 bits per heavy atom. The summed E-state index contributed by atoms with van der Waals surface area (Å²) in [5.74, 6) is 0. The molecule has 0 radical (unpaired) electrons. The third kappa shape index (κ3) is 11.8. The summed E-state index contributed by atoms with van der Waals surface area (Å²) in [5, 5.41) is 0. The summed E-state index contributed by atoms with van der Waals surface area (Å²) in [7, 11) is 3.39. The maximum Gasteiger partial charge on any atom is 0.0780 e. The maximum atomic E-state index is 5.51. The van der Waals surface area contributed by atoms with Crippen LogP contribution in [0, 0.1) is 0 Å². The zero-order chi connectivity index (χ0) is 11.4. The van der Waals surface area contributed by atoms with Gasteiger partial charge in [-0.1, -0.05) is 0 Å². The molecule has 92 valence electrons. The molecule has 0 bridgehead atoms. The fraction of sp³-hybridized carbons (Fsp3) is 1.00. The van der Waals surface area contributed by atoms with Crippen LogP contribution in [0.3, 0.4) is 0 Å². The summed E-state index contributed by atoms with van der Waals surface area (Å²) in [6, 6.07) is 0. The Hall–Kier alpha value is -0.160. The van der Waals surface area contributed by atoms with E-state index in [1.165, 1.54) is 0 Å². The van der Waals surface area contributed by atoms with Gasteiger partial charge < -0.3 is 18.9 Å². The third-order valence-electron chi connectivity index (χ3n) is 1.88. The summed E-state index contributed by atoms with van der Waals surface area (Å²) in [5.41, 5.74) is 0. The number of rotatable bonds is 11. The zero-order valence-electron chi connectivity index (χ0n) is 10.2. The van der Waals surface area contributed by atoms with Crippen molar-refractivity contribution in [3.8, 4) is 0 Å². The highest BCUT2D eigenvalue weighted by molar-refractivity contribution is 4.47. The molecule has 0 fully saturated rings. The molecule has 0 aromatic rings. The Morgan fingerprint density at radius 3 is 2.07 bits per heavy atom. The molecule has 4 heteroatoms. The highest BCUT2D eigenvalue weighted by Crippen LogP contribution is 1.95. The van der Waals surface area contributed by atoms with Crippen LogP contribution in [0.4, 0.5) is 0 Å². The predicted octanol–water partition coefficient (Wildman–Crippen LogP) is 1.48. The van der Waals surface area contributed by atoms with E-state index >= 15 is 0 Å². The molecule has 0 N–H and O–H groups in total. The van der Waals surface area contributed by atoms with Gasteiger partial charge in [0, 0.05) is 40.6 Å². The van der Waals surface area contributed by atoms with Crippen LogP contribution in [0.2, 0.25) is 0 Å². The van der Waals surface area contributed by atoms with E-state index in [-0.39, 0.29) is 6.10 Å². The zero-order valence-corrected chi connectivity index (χ0v) is 10.2. The maximum absolute atomic E-state index is 5.51. The highest BCUT2D eigenvalue weighted by atomic mass is 16.5. The lowest BCUT2D eigenvalue weighted by molar-refractivity contribution is -0.0153. The molecule has 0 aliphatic heterocycles. The minimum Gasteiger partial charge on any atom is -0.385 e. The van der Waals surface area contributed by atoms with E-state index in [4.69, 9.17) is 18.9 Å². The molecular weight excluding hydrogens is 196 g/mol. The van der Waals surface area contributed by atoms with Gasteiger partial charge in [0.25, 0.3) is 0 Å². The van der Waals surface area contributed by atoms with Crippen molar-refractivity contribution in [3.05, 3.63) is 0 Å². The Bertz CT molecular complexity index is 119. The molecule has 0 aliphatic carbocycles. The van der Waals surface area contributed by atoms with Crippen molar-refractivity contribution >= 4 is 0 Å². The van der Waals surface area contributed by atoms with Crippen molar-refractivity contribution in [1.29, 1.82) is 0 Å². The summed E-state index contributed by atoms with van der Waals surface area (Å²) < 4.78 is 20.8. The predicted molar refractivity (Wildman–Crippen MR) is 59.2 cm³/mol. The van der Waals surface area contributed by atoms with Crippen molar-refractivity contribution in [3.63, 3.8) is 0 Å². The topological polar surface area (TPSA) is 36.9 Å². The standard InChI is InChI=1S/C11H24O4/c1-11(15-9-5-7-13-3)10-14-8-4-6-12-2/h11H,4-10H2,1-3H3. The average molecular weight is 220 g/mol. The van der Waals surface area contributed by atoms with Crippen LogP contribution in [0.5, 0.6) is 0 Å². The van der Waals surface area contributed by atoms with E-state index < -0.39 is 0 Å². The van der Waals surface area contributed by atoms with Gasteiger partial charge in [0.2, 0.25) is 0 Å². The van der Waals surface area contributed by atoms with Crippen molar-refractivity contribution < 1.29 is 18.9 Å². The molecule has 0 aromatic carbocycles. The van der Waals surface area contributed by atoms with Gasteiger partial charge >= 0.3 is 0 Å². The Balaban J connectivity index is 3.08. The lowest BCUT2D eigenvalue weighted by atomic mass is 10.4. The van der Waals surface area contributed by atoms with Crippen LogP contribution >= 0.6 is 0 Å². The van der Waals surface area contributed by atoms with E-state index in [1.54, 1.807) is 14.2 Å². The molecule has 0 heterocycles. The van der Waals surface area contributed by atoms with Crippen LogP contribution < -0.4 is 0 Å². The van der Waals surface area contributed by atoms with Crippen molar-refractivity contribution in [2.75, 3.05) is 47.3 Å². The van der Waals surface area contributed by atoms with Gasteiger partial charge in [-0.3, -0.25) is 0 Å². The van der Waals surface area contributed by atoms with E-state index in [0.717, 1.165) is 39.3 Å². The smallest absolute Gasteiger partial charge is 0.0780 e. The summed E-state index contributed by atoms with van der Waals surface area (Å²) >= 11 is 0. The lowest BCUT2D eigenvalue weighted by Gasteiger charge is -2.13. The van der Waals surface area contributed by atoms with Crippen molar-refractivity contribution in [1.82, 2.24) is 0 Å². The highest BCUT2D eigenvalue weighted by Gasteiger charge is 2.01. The second-order valence-corrected chi connectivity index (χ2v) is 3.45. The van der Waals surface area contributed by atoms with Gasteiger partial charge in [0.15, 0.2) is 0 Å². The first-order valence-electron chi connectivity index (χ1n) is 5.48. The fourth-order valence-corrected chi connectivity index (χ4v) is 1.09. The lowest BCUT2D eigenvalue weighted by Crippen LogP contribution is -2.18. The first kappa shape index (κ1) is 14.8. The van der Waals surface area contributed by atoms with Crippen LogP contribution in [0.15, 0.2) is 0 Å². The molecule has 0 saturated carbocycles. The number of hydrogen-bond acceptors (Lipinski definition) is 4. The Morgan fingerprint density at radius 2 is 1.47 bits per heavy atom. The number of methoxy groups -OCH3 is 2. The van der Waals surface area contributed by atoms with E-state index in [9.17, 15) is 0 Å². The second kappa shape index (κ2) is 11.9. The largest absolute Gasteiger partial charge is 0.385 e. The minimum absolute atomic E-state index is 0.157. The molecule has 1 atom stereocenters. The van der Waals surface area contributed by atoms with Crippen molar-refractivity contribution in [2.45, 2.75) is 25.9 Å². The first-order valence-corrected chi connectivity index (χ1v) is 5.48. The summed E-state index contributed by atoms with van der Waals surface area (Å²) in [6.45, 7) is 5.64.